The molecule has 1 aromatic heterocycles. The van der Waals surface area contributed by atoms with E-state index in [2.05, 4.69) is 27.6 Å². The lowest BCUT2D eigenvalue weighted by atomic mass is 10.0. The molecule has 1 N–H and O–H groups in total. The summed E-state index contributed by atoms with van der Waals surface area (Å²) in [5.74, 6) is -4.07. The number of hydrogen-bond acceptors (Lipinski definition) is 4. The zero-order chi connectivity index (χ0) is 25.6. The summed E-state index contributed by atoms with van der Waals surface area (Å²) in [5.41, 5.74) is 2.45. The summed E-state index contributed by atoms with van der Waals surface area (Å²) in [5, 5.41) is 1.04. The Bertz CT molecular complexity index is 1520. The molecule has 0 unspecified atom stereocenters. The molecular weight excluding hydrogens is 579 g/mol. The van der Waals surface area contributed by atoms with Gasteiger partial charge in [-0.3, -0.25) is 4.79 Å². The summed E-state index contributed by atoms with van der Waals surface area (Å²) in [6.45, 7) is 1.85. The van der Waals surface area contributed by atoms with Crippen molar-refractivity contribution in [3.05, 3.63) is 92.2 Å². The molecule has 0 saturated heterocycles. The SMILES string of the molecule is Cc1cc(I)ccc1N1COC(=O)c2cc(C(=O)N(C)CCc3c[nH]c4ccccc34)c(F)c(F)c21. The molecule has 3 aromatic carbocycles. The van der Waals surface area contributed by atoms with E-state index in [4.69, 9.17) is 4.74 Å². The smallest absolute Gasteiger partial charge is 0.342 e. The van der Waals surface area contributed by atoms with E-state index in [9.17, 15) is 9.59 Å². The third-order valence-electron chi connectivity index (χ3n) is 6.41. The maximum Gasteiger partial charge on any atom is 0.342 e. The van der Waals surface area contributed by atoms with Crippen LogP contribution in [0.5, 0.6) is 0 Å². The van der Waals surface area contributed by atoms with Crippen molar-refractivity contribution in [3.63, 3.8) is 0 Å². The average molecular weight is 601 g/mol. The molecule has 0 atom stereocenters. The number of amides is 1. The Morgan fingerprint density at radius 1 is 1.17 bits per heavy atom. The van der Waals surface area contributed by atoms with E-state index >= 15 is 8.78 Å². The van der Waals surface area contributed by atoms with Crippen molar-refractivity contribution in [3.8, 4) is 0 Å². The third kappa shape index (κ3) is 4.21. The van der Waals surface area contributed by atoms with Gasteiger partial charge in [0.2, 0.25) is 0 Å². The van der Waals surface area contributed by atoms with E-state index in [1.807, 2.05) is 49.5 Å². The highest BCUT2D eigenvalue weighted by Gasteiger charge is 2.34. The largest absolute Gasteiger partial charge is 0.440 e. The predicted molar refractivity (Wildman–Crippen MR) is 142 cm³/mol. The minimum absolute atomic E-state index is 0.188. The van der Waals surface area contributed by atoms with Gasteiger partial charge in [-0.1, -0.05) is 18.2 Å². The number of halogens is 3. The average Bonchev–Trinajstić information content (AvgIpc) is 3.28. The van der Waals surface area contributed by atoms with E-state index in [-0.39, 0.29) is 24.5 Å². The molecule has 4 aromatic rings. The van der Waals surface area contributed by atoms with Crippen molar-refractivity contribution >= 4 is 56.7 Å². The number of nitrogens with zero attached hydrogens (tertiary/aromatic N) is 2. The third-order valence-corrected chi connectivity index (χ3v) is 7.08. The van der Waals surface area contributed by atoms with Crippen molar-refractivity contribution in [2.75, 3.05) is 25.2 Å². The lowest BCUT2D eigenvalue weighted by molar-refractivity contribution is 0.0491. The standard InChI is InChI=1S/C27H22F2IN3O3/c1-15-11-17(30)7-8-22(15)33-14-36-27(35)20-12-19(23(28)24(29)25(20)33)26(34)32(2)10-9-16-13-31-21-6-4-3-5-18(16)21/h3-8,11-13,31H,9-10,14H2,1-2H3. The van der Waals surface area contributed by atoms with E-state index in [1.54, 1.807) is 6.07 Å². The second-order valence-corrected chi connectivity index (χ2v) is 9.95. The first-order chi connectivity index (χ1) is 17.3. The van der Waals surface area contributed by atoms with Crippen LogP contribution >= 0.6 is 22.6 Å². The van der Waals surface area contributed by atoms with Gasteiger partial charge >= 0.3 is 5.97 Å². The van der Waals surface area contributed by atoms with E-state index in [1.165, 1.54) is 16.8 Å². The van der Waals surface area contributed by atoms with E-state index in [0.29, 0.717) is 12.1 Å². The number of carbonyl (C=O) groups excluding carboxylic acids is 2. The van der Waals surface area contributed by atoms with Crippen LogP contribution in [0.25, 0.3) is 10.9 Å². The highest BCUT2D eigenvalue weighted by atomic mass is 127. The van der Waals surface area contributed by atoms with Crippen LogP contribution in [0.4, 0.5) is 20.2 Å². The number of aromatic amines is 1. The second kappa shape index (κ2) is 9.53. The Hall–Kier alpha value is -3.47. The van der Waals surface area contributed by atoms with Crippen LogP contribution in [0.1, 0.15) is 31.8 Å². The van der Waals surface area contributed by atoms with Crippen LogP contribution in [-0.4, -0.2) is 42.1 Å². The van der Waals surface area contributed by atoms with Gasteiger partial charge in [0.1, 0.15) is 0 Å². The summed E-state index contributed by atoms with van der Waals surface area (Å²) in [6.07, 6.45) is 2.39. The molecule has 0 bridgehead atoms. The van der Waals surface area contributed by atoms with Crippen LogP contribution in [0.3, 0.4) is 0 Å². The molecule has 0 saturated carbocycles. The molecule has 36 heavy (non-hydrogen) atoms. The number of para-hydroxylation sites is 1. The van der Waals surface area contributed by atoms with Crippen LogP contribution in [-0.2, 0) is 11.2 Å². The predicted octanol–water partition coefficient (Wildman–Crippen LogP) is 5.94. The summed E-state index contributed by atoms with van der Waals surface area (Å²) in [7, 11) is 1.52. The van der Waals surface area contributed by atoms with Gasteiger partial charge in [0.15, 0.2) is 18.4 Å². The molecule has 0 spiro atoms. The van der Waals surface area contributed by atoms with Gasteiger partial charge < -0.3 is 19.5 Å². The minimum Gasteiger partial charge on any atom is -0.440 e. The quantitative estimate of drug-likeness (QED) is 0.227. The number of likely N-dealkylation sites (N-methyl/N-ethyl adjacent to an activating group) is 1. The Kier molecular flexibility index (Phi) is 6.42. The van der Waals surface area contributed by atoms with Gasteiger partial charge in [-0.25, -0.2) is 13.6 Å². The maximum atomic E-state index is 15.5. The van der Waals surface area contributed by atoms with Crippen molar-refractivity contribution in [1.29, 1.82) is 0 Å². The fourth-order valence-electron chi connectivity index (χ4n) is 4.50. The number of cyclic esters (lactones) is 1. The number of nitrogens with one attached hydrogen (secondary N) is 1. The zero-order valence-corrected chi connectivity index (χ0v) is 21.7. The summed E-state index contributed by atoms with van der Waals surface area (Å²) < 4.78 is 37.0. The van der Waals surface area contributed by atoms with Crippen molar-refractivity contribution in [1.82, 2.24) is 9.88 Å². The van der Waals surface area contributed by atoms with Gasteiger partial charge in [-0.2, -0.15) is 0 Å². The zero-order valence-electron chi connectivity index (χ0n) is 19.6. The summed E-state index contributed by atoms with van der Waals surface area (Å²) in [6, 6.07) is 14.4. The van der Waals surface area contributed by atoms with Crippen molar-refractivity contribution in [2.24, 2.45) is 0 Å². The molecule has 9 heteroatoms. The van der Waals surface area contributed by atoms with Gasteiger partial charge in [0.05, 0.1) is 16.8 Å². The monoisotopic (exact) mass is 601 g/mol. The van der Waals surface area contributed by atoms with Crippen LogP contribution in [0, 0.1) is 22.1 Å². The number of carbonyl (C=O) groups is 2. The normalized spacial score (nSPS) is 13.0. The molecular formula is C27H22F2IN3O3. The number of anilines is 2. The molecule has 0 aliphatic carbocycles. The van der Waals surface area contributed by atoms with Gasteiger partial charge in [0.25, 0.3) is 5.91 Å². The highest BCUT2D eigenvalue weighted by molar-refractivity contribution is 14.1. The van der Waals surface area contributed by atoms with Gasteiger partial charge in [0, 0.05) is 39.9 Å². The first-order valence-electron chi connectivity index (χ1n) is 11.3. The number of benzene rings is 3. The number of rotatable bonds is 5. The highest BCUT2D eigenvalue weighted by Crippen LogP contribution is 2.39. The van der Waals surface area contributed by atoms with Gasteiger partial charge in [-0.05, 0) is 77.4 Å². The summed E-state index contributed by atoms with van der Waals surface area (Å²) in [4.78, 5) is 31.6. The molecule has 0 radical (unpaired) electrons. The summed E-state index contributed by atoms with van der Waals surface area (Å²) >= 11 is 2.16. The molecule has 1 aliphatic rings. The lowest BCUT2D eigenvalue weighted by Gasteiger charge is -2.32. The Morgan fingerprint density at radius 2 is 1.94 bits per heavy atom. The lowest BCUT2D eigenvalue weighted by Crippen LogP contribution is -2.34. The number of hydrogen-bond donors (Lipinski definition) is 1. The number of esters is 1. The number of H-pyrrole nitrogens is 1. The van der Waals surface area contributed by atoms with Crippen molar-refractivity contribution < 1.29 is 23.1 Å². The molecule has 5 rings (SSSR count). The topological polar surface area (TPSA) is 65.6 Å². The Labute approximate surface area is 220 Å². The van der Waals surface area contributed by atoms with Crippen LogP contribution in [0.2, 0.25) is 0 Å². The molecule has 6 nitrogen and oxygen atoms in total. The molecule has 1 amide bonds. The number of ether oxygens (including phenoxy) is 1. The van der Waals surface area contributed by atoms with E-state index in [0.717, 1.165) is 31.7 Å². The maximum absolute atomic E-state index is 15.5. The van der Waals surface area contributed by atoms with Crippen molar-refractivity contribution in [2.45, 2.75) is 13.3 Å². The number of aryl methyl sites for hydroxylation is 1. The van der Waals surface area contributed by atoms with E-state index < -0.39 is 29.1 Å². The fourth-order valence-corrected chi connectivity index (χ4v) is 5.15. The molecule has 0 fully saturated rings. The molecule has 1 aliphatic heterocycles. The molecule has 2 heterocycles. The van der Waals surface area contributed by atoms with Crippen LogP contribution < -0.4 is 4.90 Å². The minimum atomic E-state index is -1.29. The molecule has 184 valence electrons. The van der Waals surface area contributed by atoms with Gasteiger partial charge in [-0.15, -0.1) is 0 Å². The Morgan fingerprint density at radius 3 is 2.72 bits per heavy atom. The van der Waals surface area contributed by atoms with Crippen LogP contribution in [0.15, 0.2) is 54.7 Å². The second-order valence-electron chi connectivity index (χ2n) is 8.70. The number of fused-ring (bicyclic) bond motifs is 2. The first-order valence-corrected chi connectivity index (χ1v) is 12.4. The number of aromatic nitrogens is 1. The first kappa shape index (κ1) is 24.2. The Balaban J connectivity index is 1.45. The fraction of sp³-hybridized carbons (Fsp3) is 0.185.